The Morgan fingerprint density at radius 3 is 2.92 bits per heavy atom. The lowest BCUT2D eigenvalue weighted by Gasteiger charge is -2.08. The maximum absolute atomic E-state index is 14.2. The Morgan fingerprint density at radius 2 is 2.16 bits per heavy atom. The van der Waals surface area contributed by atoms with E-state index < -0.39 is 23.0 Å². The van der Waals surface area contributed by atoms with Crippen LogP contribution in [0, 0.1) is 11.6 Å². The first kappa shape index (κ1) is 16.8. The Labute approximate surface area is 141 Å². The van der Waals surface area contributed by atoms with Gasteiger partial charge in [0.05, 0.1) is 28.8 Å². The number of nitrogens with two attached hydrogens (primary N) is 1. The molecule has 0 atom stereocenters. The average Bonchev–Trinajstić information content (AvgIpc) is 3.04. The summed E-state index contributed by atoms with van der Waals surface area (Å²) in [5.74, 6) is -2.57. The zero-order valence-electron chi connectivity index (χ0n) is 13.3. The summed E-state index contributed by atoms with van der Waals surface area (Å²) in [7, 11) is 1.55. The number of nitrogen functional groups attached to an aromatic ring is 1. The maximum atomic E-state index is 14.2. The lowest BCUT2D eigenvalue weighted by Crippen LogP contribution is -2.12. The number of methoxy groups -OCH3 is 1. The van der Waals surface area contributed by atoms with Crippen LogP contribution >= 0.6 is 0 Å². The van der Waals surface area contributed by atoms with Gasteiger partial charge in [-0.3, -0.25) is 4.79 Å². The van der Waals surface area contributed by atoms with Crippen LogP contribution in [0.5, 0.6) is 0 Å². The molecule has 0 unspecified atom stereocenters. The molecule has 0 aliphatic rings. The van der Waals surface area contributed by atoms with E-state index >= 15 is 0 Å². The number of aromatic amines is 1. The number of H-pyrrole nitrogens is 1. The van der Waals surface area contributed by atoms with Crippen molar-refractivity contribution < 1.29 is 18.3 Å². The van der Waals surface area contributed by atoms with Gasteiger partial charge in [-0.05, 0) is 12.1 Å². The van der Waals surface area contributed by atoms with Crippen molar-refractivity contribution in [3.05, 3.63) is 47.4 Å². The smallest absolute Gasteiger partial charge is 0.201 e. The minimum absolute atomic E-state index is 0.0407. The van der Waals surface area contributed by atoms with Gasteiger partial charge >= 0.3 is 0 Å². The first-order valence-corrected chi connectivity index (χ1v) is 7.37. The summed E-state index contributed by atoms with van der Waals surface area (Å²) in [6.07, 6.45) is 2.65. The monoisotopic (exact) mass is 347 g/mol. The van der Waals surface area contributed by atoms with Crippen molar-refractivity contribution in [2.24, 2.45) is 0 Å². The van der Waals surface area contributed by atoms with Crippen LogP contribution in [-0.4, -0.2) is 41.0 Å². The molecule has 0 aliphatic carbocycles. The number of hydrogen-bond donors (Lipinski definition) is 3. The van der Waals surface area contributed by atoms with Crippen LogP contribution < -0.4 is 11.1 Å². The highest BCUT2D eigenvalue weighted by Gasteiger charge is 2.25. The van der Waals surface area contributed by atoms with Crippen LogP contribution in [0.1, 0.15) is 15.9 Å². The van der Waals surface area contributed by atoms with Crippen LogP contribution in [0.25, 0.3) is 11.0 Å². The highest BCUT2D eigenvalue weighted by Crippen LogP contribution is 2.28. The molecule has 0 radical (unpaired) electrons. The third-order valence-corrected chi connectivity index (χ3v) is 3.66. The number of ketones is 1. The Kier molecular flexibility index (Phi) is 4.57. The molecule has 1 aromatic carbocycles. The Morgan fingerprint density at radius 1 is 1.36 bits per heavy atom. The van der Waals surface area contributed by atoms with E-state index in [1.807, 2.05) is 0 Å². The standard InChI is InChI=1S/C16H15F2N5O2/c1-25-5-4-20-15-11-8(6-21-16(11)23-7-22-15)14(24)12-9(17)2-3-10(19)13(12)18/h2-3,6-7H,4-5,19H2,1H3,(H2,20,21,22,23). The molecule has 3 rings (SSSR count). The molecule has 0 saturated carbocycles. The second kappa shape index (κ2) is 6.81. The van der Waals surface area contributed by atoms with Crippen LogP contribution in [0.3, 0.4) is 0 Å². The second-order valence-corrected chi connectivity index (χ2v) is 5.22. The molecule has 130 valence electrons. The summed E-state index contributed by atoms with van der Waals surface area (Å²) in [5.41, 5.74) is 4.83. The molecule has 3 aromatic rings. The van der Waals surface area contributed by atoms with Gasteiger partial charge in [-0.1, -0.05) is 0 Å². The minimum Gasteiger partial charge on any atom is -0.396 e. The summed E-state index contributed by atoms with van der Waals surface area (Å²) in [6, 6.07) is 2.02. The quantitative estimate of drug-likeness (QED) is 0.358. The molecule has 2 aromatic heterocycles. The molecular formula is C16H15F2N5O2. The van der Waals surface area contributed by atoms with Crippen molar-refractivity contribution in [3.63, 3.8) is 0 Å². The van der Waals surface area contributed by atoms with E-state index in [1.165, 1.54) is 12.5 Å². The van der Waals surface area contributed by atoms with Gasteiger partial charge in [0.25, 0.3) is 0 Å². The highest BCUT2D eigenvalue weighted by atomic mass is 19.1. The molecule has 25 heavy (non-hydrogen) atoms. The molecule has 4 N–H and O–H groups in total. The number of ether oxygens (including phenoxy) is 1. The number of nitrogens with zero attached hydrogens (tertiary/aromatic N) is 2. The molecule has 2 heterocycles. The predicted octanol–water partition coefficient (Wildman–Crippen LogP) is 2.11. The molecule has 0 spiro atoms. The minimum atomic E-state index is -1.09. The van der Waals surface area contributed by atoms with Gasteiger partial charge in [0.2, 0.25) is 5.78 Å². The number of anilines is 2. The van der Waals surface area contributed by atoms with Crippen molar-refractivity contribution >= 4 is 28.3 Å². The van der Waals surface area contributed by atoms with Gasteiger partial charge in [-0.25, -0.2) is 18.7 Å². The van der Waals surface area contributed by atoms with E-state index in [1.54, 1.807) is 7.11 Å². The number of rotatable bonds is 6. The zero-order chi connectivity index (χ0) is 18.0. The molecule has 7 nitrogen and oxygen atoms in total. The third-order valence-electron chi connectivity index (χ3n) is 3.66. The largest absolute Gasteiger partial charge is 0.396 e. The summed E-state index contributed by atoms with van der Waals surface area (Å²) >= 11 is 0. The fourth-order valence-corrected chi connectivity index (χ4v) is 2.46. The molecule has 0 amide bonds. The van der Waals surface area contributed by atoms with E-state index in [4.69, 9.17) is 10.5 Å². The summed E-state index contributed by atoms with van der Waals surface area (Å²) in [4.78, 5) is 23.7. The predicted molar refractivity (Wildman–Crippen MR) is 88.5 cm³/mol. The van der Waals surface area contributed by atoms with E-state index in [9.17, 15) is 13.6 Å². The molecular weight excluding hydrogens is 332 g/mol. The first-order valence-electron chi connectivity index (χ1n) is 7.37. The lowest BCUT2D eigenvalue weighted by atomic mass is 10.0. The molecule has 0 aliphatic heterocycles. The van der Waals surface area contributed by atoms with Gasteiger partial charge in [0, 0.05) is 19.9 Å². The molecule has 0 fully saturated rings. The third kappa shape index (κ3) is 3.01. The summed E-state index contributed by atoms with van der Waals surface area (Å²) < 4.78 is 33.2. The van der Waals surface area contributed by atoms with Crippen molar-refractivity contribution in [3.8, 4) is 0 Å². The van der Waals surface area contributed by atoms with Gasteiger partial charge in [0.15, 0.2) is 5.82 Å². The number of benzene rings is 1. The number of hydrogen-bond acceptors (Lipinski definition) is 6. The normalized spacial score (nSPS) is 11.0. The van der Waals surface area contributed by atoms with Crippen molar-refractivity contribution in [1.29, 1.82) is 0 Å². The Bertz CT molecular complexity index is 942. The zero-order valence-corrected chi connectivity index (χ0v) is 13.3. The van der Waals surface area contributed by atoms with Crippen molar-refractivity contribution in [2.75, 3.05) is 31.3 Å². The van der Waals surface area contributed by atoms with Crippen molar-refractivity contribution in [2.45, 2.75) is 0 Å². The number of aromatic nitrogens is 3. The van der Waals surface area contributed by atoms with E-state index in [2.05, 4.69) is 20.3 Å². The lowest BCUT2D eigenvalue weighted by molar-refractivity contribution is 0.103. The molecule has 9 heteroatoms. The van der Waals surface area contributed by atoms with Gasteiger partial charge in [0.1, 0.15) is 23.6 Å². The van der Waals surface area contributed by atoms with Crippen LogP contribution in [0.4, 0.5) is 20.3 Å². The molecule has 0 saturated heterocycles. The number of nitrogens with one attached hydrogen (secondary N) is 2. The van der Waals surface area contributed by atoms with Crippen LogP contribution in [-0.2, 0) is 4.74 Å². The van der Waals surface area contributed by atoms with Gasteiger partial charge in [-0.15, -0.1) is 0 Å². The summed E-state index contributed by atoms with van der Waals surface area (Å²) in [5, 5.41) is 3.34. The fraction of sp³-hybridized carbons (Fsp3) is 0.188. The Hall–Kier alpha value is -3.07. The summed E-state index contributed by atoms with van der Waals surface area (Å²) in [6.45, 7) is 0.847. The molecule has 0 bridgehead atoms. The first-order chi connectivity index (χ1) is 12.0. The number of halogens is 2. The van der Waals surface area contributed by atoms with Crippen LogP contribution in [0.15, 0.2) is 24.7 Å². The second-order valence-electron chi connectivity index (χ2n) is 5.22. The topological polar surface area (TPSA) is 106 Å². The van der Waals surface area contributed by atoms with Crippen molar-refractivity contribution in [1.82, 2.24) is 15.0 Å². The van der Waals surface area contributed by atoms with E-state index in [-0.39, 0.29) is 11.3 Å². The maximum Gasteiger partial charge on any atom is 0.201 e. The number of fused-ring (bicyclic) bond motifs is 1. The number of carbonyl (C=O) groups excluding carboxylic acids is 1. The van der Waals surface area contributed by atoms with E-state index in [0.717, 1.165) is 12.1 Å². The highest BCUT2D eigenvalue weighted by molar-refractivity contribution is 6.18. The fourth-order valence-electron chi connectivity index (χ4n) is 2.46. The Balaban J connectivity index is 2.10. The average molecular weight is 347 g/mol. The van der Waals surface area contributed by atoms with Gasteiger partial charge < -0.3 is 20.8 Å². The van der Waals surface area contributed by atoms with Gasteiger partial charge in [-0.2, -0.15) is 0 Å². The van der Waals surface area contributed by atoms with E-state index in [0.29, 0.717) is 30.0 Å². The number of carbonyl (C=O) groups is 1. The SMILES string of the molecule is COCCNc1ncnc2[nH]cc(C(=O)c3c(F)ccc(N)c3F)c12. The van der Waals surface area contributed by atoms with Crippen LogP contribution in [0.2, 0.25) is 0 Å².